The standard InChI is InChI=1S/C9H9BrN4O2/c1-5(2)6-3-7(10)9(12-13-11)8(4-6)14(15)16/h3-5H,1-2H3. The van der Waals surface area contributed by atoms with Crippen molar-refractivity contribution in [3.8, 4) is 0 Å². The summed E-state index contributed by atoms with van der Waals surface area (Å²) in [7, 11) is 0. The predicted molar refractivity (Wildman–Crippen MR) is 63.7 cm³/mol. The zero-order chi connectivity index (χ0) is 12.3. The second kappa shape index (κ2) is 4.96. The lowest BCUT2D eigenvalue weighted by Gasteiger charge is -2.07. The van der Waals surface area contributed by atoms with Gasteiger partial charge < -0.3 is 0 Å². The molecule has 0 fully saturated rings. The van der Waals surface area contributed by atoms with Gasteiger partial charge in [-0.15, -0.1) is 0 Å². The lowest BCUT2D eigenvalue weighted by atomic mass is 10.0. The van der Waals surface area contributed by atoms with Gasteiger partial charge in [-0.1, -0.05) is 34.9 Å². The molecule has 1 aromatic rings. The Morgan fingerprint density at radius 3 is 2.62 bits per heavy atom. The molecular formula is C9H9BrN4O2. The van der Waals surface area contributed by atoms with Crippen molar-refractivity contribution in [1.29, 1.82) is 0 Å². The predicted octanol–water partition coefficient (Wildman–Crippen LogP) is 4.42. The summed E-state index contributed by atoms with van der Waals surface area (Å²) in [5.41, 5.74) is 8.99. The van der Waals surface area contributed by atoms with Crippen LogP contribution in [0, 0.1) is 10.1 Å². The summed E-state index contributed by atoms with van der Waals surface area (Å²) >= 11 is 3.17. The van der Waals surface area contributed by atoms with Crippen LogP contribution in [0.15, 0.2) is 21.7 Å². The summed E-state index contributed by atoms with van der Waals surface area (Å²) in [5, 5.41) is 14.1. The molecule has 0 aliphatic carbocycles. The van der Waals surface area contributed by atoms with Crippen molar-refractivity contribution in [3.05, 3.63) is 42.7 Å². The number of rotatable bonds is 3. The summed E-state index contributed by atoms with van der Waals surface area (Å²) in [6.07, 6.45) is 0. The SMILES string of the molecule is CC(C)c1cc(Br)c(N=[N+]=[N-])c([N+](=O)[O-])c1. The van der Waals surface area contributed by atoms with Gasteiger partial charge >= 0.3 is 0 Å². The zero-order valence-electron chi connectivity index (χ0n) is 8.72. The van der Waals surface area contributed by atoms with Crippen LogP contribution >= 0.6 is 15.9 Å². The van der Waals surface area contributed by atoms with E-state index in [0.717, 1.165) is 5.56 Å². The Labute approximate surface area is 100 Å². The number of azide groups is 1. The van der Waals surface area contributed by atoms with Crippen LogP contribution in [0.5, 0.6) is 0 Å². The van der Waals surface area contributed by atoms with E-state index in [1.807, 2.05) is 13.8 Å². The Balaban J connectivity index is 3.51. The minimum absolute atomic E-state index is 0.0110. The molecule has 0 saturated carbocycles. The van der Waals surface area contributed by atoms with Crippen LogP contribution in [0.2, 0.25) is 0 Å². The first kappa shape index (κ1) is 12.5. The van der Waals surface area contributed by atoms with Crippen molar-refractivity contribution >= 4 is 27.3 Å². The quantitative estimate of drug-likeness (QED) is 0.270. The molecule has 0 aliphatic rings. The maximum Gasteiger partial charge on any atom is 0.280 e. The first-order chi connectivity index (χ1) is 7.47. The van der Waals surface area contributed by atoms with Gasteiger partial charge in [0, 0.05) is 15.5 Å². The van der Waals surface area contributed by atoms with Gasteiger partial charge in [0.1, 0.15) is 5.69 Å². The third-order valence-electron chi connectivity index (χ3n) is 2.07. The average Bonchev–Trinajstić information content (AvgIpc) is 2.20. The molecule has 1 aromatic carbocycles. The number of hydrogen-bond donors (Lipinski definition) is 0. The first-order valence-electron chi connectivity index (χ1n) is 4.50. The van der Waals surface area contributed by atoms with Crippen LogP contribution in [0.3, 0.4) is 0 Å². The van der Waals surface area contributed by atoms with Crippen LogP contribution in [0.25, 0.3) is 10.4 Å². The van der Waals surface area contributed by atoms with Crippen LogP contribution < -0.4 is 0 Å². The van der Waals surface area contributed by atoms with Crippen molar-refractivity contribution in [3.63, 3.8) is 0 Å². The highest BCUT2D eigenvalue weighted by atomic mass is 79.9. The molecule has 7 heteroatoms. The second-order valence-electron chi connectivity index (χ2n) is 3.47. The fourth-order valence-electron chi connectivity index (χ4n) is 1.22. The molecular weight excluding hydrogens is 276 g/mol. The van der Waals surface area contributed by atoms with E-state index in [2.05, 4.69) is 26.0 Å². The highest BCUT2D eigenvalue weighted by Gasteiger charge is 2.18. The van der Waals surface area contributed by atoms with Gasteiger partial charge in [-0.25, -0.2) is 0 Å². The van der Waals surface area contributed by atoms with E-state index in [1.165, 1.54) is 6.07 Å². The number of benzene rings is 1. The van der Waals surface area contributed by atoms with Gasteiger partial charge in [-0.2, -0.15) is 0 Å². The smallest absolute Gasteiger partial charge is 0.258 e. The Morgan fingerprint density at radius 1 is 1.56 bits per heavy atom. The van der Waals surface area contributed by atoms with E-state index in [-0.39, 0.29) is 17.3 Å². The van der Waals surface area contributed by atoms with Crippen LogP contribution in [0.1, 0.15) is 25.3 Å². The first-order valence-corrected chi connectivity index (χ1v) is 5.29. The van der Waals surface area contributed by atoms with Gasteiger partial charge in [-0.05, 0) is 23.1 Å². The summed E-state index contributed by atoms with van der Waals surface area (Å²) in [6, 6.07) is 3.15. The topological polar surface area (TPSA) is 91.9 Å². The van der Waals surface area contributed by atoms with E-state index in [9.17, 15) is 10.1 Å². The van der Waals surface area contributed by atoms with Crippen molar-refractivity contribution in [2.24, 2.45) is 5.11 Å². The van der Waals surface area contributed by atoms with Crippen molar-refractivity contribution < 1.29 is 4.92 Å². The normalized spacial score (nSPS) is 10.0. The maximum atomic E-state index is 10.8. The molecule has 0 radical (unpaired) electrons. The Kier molecular flexibility index (Phi) is 3.87. The lowest BCUT2D eigenvalue weighted by Crippen LogP contribution is -1.94. The third kappa shape index (κ3) is 2.50. The molecule has 0 aromatic heterocycles. The highest BCUT2D eigenvalue weighted by molar-refractivity contribution is 9.10. The minimum Gasteiger partial charge on any atom is -0.258 e. The summed E-state index contributed by atoms with van der Waals surface area (Å²) in [4.78, 5) is 12.8. The largest absolute Gasteiger partial charge is 0.280 e. The number of nitro benzene ring substituents is 1. The van der Waals surface area contributed by atoms with Gasteiger partial charge in [-0.3, -0.25) is 10.1 Å². The molecule has 84 valence electrons. The van der Waals surface area contributed by atoms with Crippen LogP contribution in [0.4, 0.5) is 11.4 Å². The summed E-state index contributed by atoms with van der Waals surface area (Å²) in [5.74, 6) is 0.162. The lowest BCUT2D eigenvalue weighted by molar-refractivity contribution is -0.384. The molecule has 0 bridgehead atoms. The summed E-state index contributed by atoms with van der Waals surface area (Å²) in [6.45, 7) is 3.86. The van der Waals surface area contributed by atoms with Crippen molar-refractivity contribution in [1.82, 2.24) is 0 Å². The van der Waals surface area contributed by atoms with Crippen LogP contribution in [-0.4, -0.2) is 4.92 Å². The number of halogens is 1. The van der Waals surface area contributed by atoms with E-state index in [1.54, 1.807) is 6.07 Å². The minimum atomic E-state index is -0.555. The molecule has 0 heterocycles. The molecule has 16 heavy (non-hydrogen) atoms. The molecule has 0 amide bonds. The Morgan fingerprint density at radius 2 is 2.19 bits per heavy atom. The Hall–Kier alpha value is -1.59. The number of nitro groups is 1. The molecule has 0 aliphatic heterocycles. The maximum absolute atomic E-state index is 10.8. The van der Waals surface area contributed by atoms with Gasteiger partial charge in [0.15, 0.2) is 0 Å². The summed E-state index contributed by atoms with van der Waals surface area (Å²) < 4.78 is 0.434. The van der Waals surface area contributed by atoms with Crippen LogP contribution in [-0.2, 0) is 0 Å². The van der Waals surface area contributed by atoms with E-state index in [0.29, 0.717) is 4.47 Å². The average molecular weight is 285 g/mol. The molecule has 1 rings (SSSR count). The molecule has 0 saturated heterocycles. The van der Waals surface area contributed by atoms with E-state index >= 15 is 0 Å². The molecule has 0 unspecified atom stereocenters. The van der Waals surface area contributed by atoms with Gasteiger partial charge in [0.25, 0.3) is 5.69 Å². The fraction of sp³-hybridized carbons (Fsp3) is 0.333. The van der Waals surface area contributed by atoms with Crippen molar-refractivity contribution in [2.75, 3.05) is 0 Å². The number of nitrogens with zero attached hydrogens (tertiary/aromatic N) is 4. The molecule has 6 nitrogen and oxygen atoms in total. The van der Waals surface area contributed by atoms with Gasteiger partial charge in [0.05, 0.1) is 4.92 Å². The fourth-order valence-corrected chi connectivity index (χ4v) is 1.77. The molecule has 0 N–H and O–H groups in total. The second-order valence-corrected chi connectivity index (χ2v) is 4.33. The zero-order valence-corrected chi connectivity index (χ0v) is 10.3. The molecule has 0 spiro atoms. The van der Waals surface area contributed by atoms with E-state index < -0.39 is 4.92 Å². The highest BCUT2D eigenvalue weighted by Crippen LogP contribution is 2.38. The number of hydrogen-bond acceptors (Lipinski definition) is 3. The monoisotopic (exact) mass is 284 g/mol. The van der Waals surface area contributed by atoms with Gasteiger partial charge in [0.2, 0.25) is 0 Å². The van der Waals surface area contributed by atoms with Crippen molar-refractivity contribution in [2.45, 2.75) is 19.8 Å². The third-order valence-corrected chi connectivity index (χ3v) is 2.68. The Bertz CT molecular complexity index is 481. The molecule has 0 atom stereocenters. The van der Waals surface area contributed by atoms with E-state index in [4.69, 9.17) is 5.53 Å².